The molecule has 56 heavy (non-hydrogen) atoms. The second kappa shape index (κ2) is 19.8. The third-order valence-corrected chi connectivity index (χ3v) is 10.7. The van der Waals surface area contributed by atoms with Crippen molar-refractivity contribution in [3.63, 3.8) is 0 Å². The zero-order valence-corrected chi connectivity index (χ0v) is 34.0. The fraction of sp³-hybridized carbons (Fsp3) is 0.381. The fourth-order valence-corrected chi connectivity index (χ4v) is 7.72. The van der Waals surface area contributed by atoms with Gasteiger partial charge in [-0.25, -0.2) is 25.8 Å². The van der Waals surface area contributed by atoms with Crippen LogP contribution in [-0.2, 0) is 6.54 Å². The van der Waals surface area contributed by atoms with Gasteiger partial charge in [-0.15, -0.1) is 24.8 Å². The maximum atomic E-state index is 6.85. The van der Waals surface area contributed by atoms with E-state index in [9.17, 15) is 0 Å². The Morgan fingerprint density at radius 1 is 0.679 bits per heavy atom. The van der Waals surface area contributed by atoms with Gasteiger partial charge in [-0.05, 0) is 105 Å². The number of hydrazine groups is 1. The molecule has 0 spiro atoms. The third-order valence-electron chi connectivity index (χ3n) is 10.7. The van der Waals surface area contributed by atoms with E-state index in [0.29, 0.717) is 18.5 Å². The average Bonchev–Trinajstić information content (AvgIpc) is 3.24. The number of hydrogen-bond acceptors (Lipinski definition) is 12. The van der Waals surface area contributed by atoms with Crippen molar-refractivity contribution in [1.82, 2.24) is 24.8 Å². The van der Waals surface area contributed by atoms with Crippen molar-refractivity contribution in [2.75, 3.05) is 57.5 Å². The summed E-state index contributed by atoms with van der Waals surface area (Å²) in [5.41, 5.74) is 5.18. The highest BCUT2D eigenvalue weighted by molar-refractivity contribution is 5.85. The maximum absolute atomic E-state index is 6.85. The highest BCUT2D eigenvalue weighted by Gasteiger charge is 2.39. The second-order valence-corrected chi connectivity index (χ2v) is 13.9. The first-order valence-electron chi connectivity index (χ1n) is 18.7. The van der Waals surface area contributed by atoms with Crippen molar-refractivity contribution in [2.45, 2.75) is 51.2 Å². The van der Waals surface area contributed by atoms with Gasteiger partial charge >= 0.3 is 0 Å². The number of aromatic nitrogens is 4. The minimum absolute atomic E-state index is 0. The minimum atomic E-state index is 0. The largest absolute Gasteiger partial charge is 0.497 e. The molecule has 5 aromatic rings. The Bertz CT molecular complexity index is 1950. The van der Waals surface area contributed by atoms with Crippen LogP contribution in [0.15, 0.2) is 91.5 Å². The number of rotatable bonds is 13. The van der Waals surface area contributed by atoms with E-state index in [0.717, 1.165) is 103 Å². The number of methoxy groups -OCH3 is 3. The highest BCUT2D eigenvalue weighted by Crippen LogP contribution is 2.36. The maximum Gasteiger partial charge on any atom is 0.240 e. The van der Waals surface area contributed by atoms with Crippen LogP contribution in [0.4, 0.5) is 11.9 Å². The number of anilines is 2. The lowest BCUT2D eigenvalue weighted by atomic mass is 9.82. The smallest absolute Gasteiger partial charge is 0.240 e. The number of hydrogen-bond donors (Lipinski definition) is 1. The molecule has 4 heterocycles. The average molecular weight is 804 g/mol. The van der Waals surface area contributed by atoms with Gasteiger partial charge in [-0.3, -0.25) is 9.91 Å². The molecule has 2 aliphatic heterocycles. The molecule has 12 nitrogen and oxygen atoms in total. The molecule has 0 radical (unpaired) electrons. The number of nitrogens with zero attached hydrogens (tertiary/aromatic N) is 7. The van der Waals surface area contributed by atoms with Gasteiger partial charge in [0.15, 0.2) is 11.5 Å². The first-order valence-corrected chi connectivity index (χ1v) is 18.7. The molecule has 2 aliphatic rings. The molecule has 2 N–H and O–H groups in total. The summed E-state index contributed by atoms with van der Waals surface area (Å²) in [6.45, 7) is 6.22. The topological polar surface area (TPSA) is 124 Å². The second-order valence-electron chi connectivity index (χ2n) is 13.9. The van der Waals surface area contributed by atoms with E-state index in [4.69, 9.17) is 44.7 Å². The van der Waals surface area contributed by atoms with E-state index in [2.05, 4.69) is 21.9 Å². The van der Waals surface area contributed by atoms with Crippen LogP contribution in [0.1, 0.15) is 38.2 Å². The third kappa shape index (κ3) is 9.73. The quantitative estimate of drug-likeness (QED) is 0.0937. The summed E-state index contributed by atoms with van der Waals surface area (Å²) in [6, 6.07) is 22.4. The summed E-state index contributed by atoms with van der Waals surface area (Å²) in [5.74, 6) is 11.7. The first kappa shape index (κ1) is 42.3. The van der Waals surface area contributed by atoms with Gasteiger partial charge in [-0.1, -0.05) is 30.3 Å². The summed E-state index contributed by atoms with van der Waals surface area (Å²) in [7, 11) is 5.01. The summed E-state index contributed by atoms with van der Waals surface area (Å²) >= 11 is 0. The van der Waals surface area contributed by atoms with Crippen LogP contribution in [0, 0.1) is 5.92 Å². The van der Waals surface area contributed by atoms with Crippen LogP contribution >= 0.6 is 24.8 Å². The zero-order chi connectivity index (χ0) is 37.4. The number of nitrogens with two attached hydrogens (primary N) is 1. The summed E-state index contributed by atoms with van der Waals surface area (Å²) in [4.78, 5) is 24.2. The van der Waals surface area contributed by atoms with Gasteiger partial charge < -0.3 is 23.8 Å². The van der Waals surface area contributed by atoms with Gasteiger partial charge in [0, 0.05) is 55.0 Å². The Labute approximate surface area is 342 Å². The number of benzene rings is 3. The molecule has 14 heteroatoms. The Kier molecular flexibility index (Phi) is 15.0. The van der Waals surface area contributed by atoms with Crippen molar-refractivity contribution >= 4 is 36.7 Å². The molecule has 2 fully saturated rings. The van der Waals surface area contributed by atoms with Crippen molar-refractivity contribution in [2.24, 2.45) is 11.8 Å². The van der Waals surface area contributed by atoms with E-state index in [-0.39, 0.29) is 36.9 Å². The van der Waals surface area contributed by atoms with Gasteiger partial charge in [0.05, 0.1) is 34.0 Å². The molecule has 2 saturated heterocycles. The molecular weight excluding hydrogens is 751 g/mol. The van der Waals surface area contributed by atoms with E-state index in [1.165, 1.54) is 5.56 Å². The Morgan fingerprint density at radius 3 is 1.79 bits per heavy atom. The number of halogens is 2. The molecule has 0 bridgehead atoms. The van der Waals surface area contributed by atoms with E-state index in [1.54, 1.807) is 26.3 Å². The molecule has 3 aromatic carbocycles. The lowest BCUT2D eigenvalue weighted by molar-refractivity contribution is 0.148. The molecule has 0 aliphatic carbocycles. The molecule has 2 aromatic heterocycles. The van der Waals surface area contributed by atoms with E-state index in [1.807, 2.05) is 86.3 Å². The van der Waals surface area contributed by atoms with Gasteiger partial charge in [0.1, 0.15) is 11.5 Å². The van der Waals surface area contributed by atoms with Gasteiger partial charge in [0.25, 0.3) is 0 Å². The number of likely N-dealkylation sites (tertiary alicyclic amines) is 1. The summed E-state index contributed by atoms with van der Waals surface area (Å²) in [6.07, 6.45) is 11.3. The molecule has 7 rings (SSSR count). The van der Waals surface area contributed by atoms with Crippen LogP contribution in [0.3, 0.4) is 0 Å². The summed E-state index contributed by atoms with van der Waals surface area (Å²) in [5, 5.41) is 1.77. The zero-order valence-electron chi connectivity index (χ0n) is 32.4. The molecule has 2 atom stereocenters. The minimum Gasteiger partial charge on any atom is -0.497 e. The van der Waals surface area contributed by atoms with Crippen molar-refractivity contribution in [1.29, 1.82) is 0 Å². The predicted molar refractivity (Wildman–Crippen MR) is 226 cm³/mol. The Hall–Kier alpha value is -4.88. The van der Waals surface area contributed by atoms with Crippen LogP contribution < -0.4 is 34.7 Å². The Morgan fingerprint density at radius 2 is 1.25 bits per heavy atom. The van der Waals surface area contributed by atoms with Gasteiger partial charge in [0.2, 0.25) is 11.9 Å². The number of ether oxygens (including phenoxy) is 4. The lowest BCUT2D eigenvalue weighted by Crippen LogP contribution is -2.56. The molecule has 0 saturated carbocycles. The SMILES string of the molecule is CCOc1cc(CN2CCC(C3CC(N(N)c4ncc(-c5ccc(OC)cc5)cn4)CCN3c3ncc(-c4ccc(OC)cc4)cn3)CC2)ccc1OC.Cl.Cl. The molecule has 298 valence electrons. The highest BCUT2D eigenvalue weighted by atomic mass is 35.5. The van der Waals surface area contributed by atoms with Crippen LogP contribution in [0.5, 0.6) is 23.0 Å². The molecule has 2 unspecified atom stereocenters. The first-order chi connectivity index (χ1) is 26.5. The van der Waals surface area contributed by atoms with Crippen LogP contribution in [0.2, 0.25) is 0 Å². The molecular formula is C42H52Cl2N8O4. The standard InChI is InChI=1S/C42H50N8O4.2ClH/c1-5-54-40-22-29(6-15-39(40)53-4)28-48-19-16-32(17-20-48)38-23-35(50(43)42-46-26-34(27-47-42)31-9-13-37(52-3)14-10-31)18-21-49(38)41-44-24-33(25-45-41)30-7-11-36(51-2)12-8-30;;/h6-15,22,24-27,32,35,38H,5,16-21,23,28,43H2,1-4H3;2*1H. The monoisotopic (exact) mass is 802 g/mol. The lowest BCUT2D eigenvalue weighted by Gasteiger charge is -2.47. The van der Waals surface area contributed by atoms with E-state index >= 15 is 0 Å². The van der Waals surface area contributed by atoms with Crippen LogP contribution in [0.25, 0.3) is 22.3 Å². The Balaban J connectivity index is 0.00000300. The van der Waals surface area contributed by atoms with Crippen molar-refractivity contribution in [3.05, 3.63) is 97.1 Å². The van der Waals surface area contributed by atoms with Crippen LogP contribution in [-0.4, -0.2) is 84.5 Å². The fourth-order valence-electron chi connectivity index (χ4n) is 7.72. The van der Waals surface area contributed by atoms with Crippen molar-refractivity contribution < 1.29 is 18.9 Å². The molecule has 0 amide bonds. The van der Waals surface area contributed by atoms with Gasteiger partial charge in [-0.2, -0.15) is 0 Å². The normalized spacial score (nSPS) is 17.3. The van der Waals surface area contributed by atoms with Crippen molar-refractivity contribution in [3.8, 4) is 45.3 Å². The number of piperidine rings is 2. The van der Waals surface area contributed by atoms with E-state index < -0.39 is 0 Å². The predicted octanol–water partition coefficient (Wildman–Crippen LogP) is 7.50. The summed E-state index contributed by atoms with van der Waals surface area (Å²) < 4.78 is 22.0.